The van der Waals surface area contributed by atoms with Crippen LogP contribution in [0.2, 0.25) is 20.1 Å². The van der Waals surface area contributed by atoms with E-state index >= 15 is 0 Å². The van der Waals surface area contributed by atoms with E-state index in [-0.39, 0.29) is 21.4 Å². The Morgan fingerprint density at radius 1 is 0.800 bits per heavy atom. The highest BCUT2D eigenvalue weighted by molar-refractivity contribution is 6.44. The summed E-state index contributed by atoms with van der Waals surface area (Å²) in [6, 6.07) is 12.8. The van der Waals surface area contributed by atoms with E-state index < -0.39 is 4.92 Å². The molecule has 0 bridgehead atoms. The topological polar surface area (TPSA) is 56.0 Å². The smallest absolute Gasteiger partial charge is 0.258 e. The Balaban J connectivity index is 2.28. The summed E-state index contributed by atoms with van der Waals surface area (Å²) in [5.41, 5.74) is 1.27. The van der Waals surface area contributed by atoms with Gasteiger partial charge in [-0.15, -0.1) is 0 Å². The molecule has 8 heteroatoms. The van der Waals surface area contributed by atoms with Gasteiger partial charge in [0.05, 0.1) is 30.7 Å². The highest BCUT2D eigenvalue weighted by Gasteiger charge is 2.22. The first-order chi connectivity index (χ1) is 11.9. The summed E-state index contributed by atoms with van der Waals surface area (Å²) in [6.45, 7) is 0. The molecule has 4 nitrogen and oxygen atoms in total. The van der Waals surface area contributed by atoms with E-state index in [2.05, 4.69) is 4.98 Å². The summed E-state index contributed by atoms with van der Waals surface area (Å²) in [5.74, 6) is 0. The minimum absolute atomic E-state index is 0.103. The van der Waals surface area contributed by atoms with Crippen LogP contribution in [0.3, 0.4) is 0 Å². The lowest BCUT2D eigenvalue weighted by molar-refractivity contribution is -0.384. The molecule has 2 aromatic carbocycles. The molecule has 0 atom stereocenters. The van der Waals surface area contributed by atoms with Gasteiger partial charge in [-0.05, 0) is 18.2 Å². The zero-order valence-electron chi connectivity index (χ0n) is 12.3. The molecule has 0 radical (unpaired) electrons. The van der Waals surface area contributed by atoms with Crippen molar-refractivity contribution in [2.75, 3.05) is 0 Å². The molecule has 0 fully saturated rings. The molecule has 0 saturated heterocycles. The number of hydrogen-bond acceptors (Lipinski definition) is 3. The van der Waals surface area contributed by atoms with Crippen LogP contribution >= 0.6 is 46.4 Å². The molecular weight excluding hydrogens is 406 g/mol. The van der Waals surface area contributed by atoms with Gasteiger partial charge >= 0.3 is 0 Å². The Morgan fingerprint density at radius 2 is 1.36 bits per heavy atom. The second-order valence-corrected chi connectivity index (χ2v) is 6.59. The third-order valence-corrected chi connectivity index (χ3v) is 5.14. The summed E-state index contributed by atoms with van der Waals surface area (Å²) in [4.78, 5) is 15.3. The van der Waals surface area contributed by atoms with Gasteiger partial charge < -0.3 is 0 Å². The monoisotopic (exact) mass is 412 g/mol. The van der Waals surface area contributed by atoms with Crippen LogP contribution < -0.4 is 0 Å². The fraction of sp³-hybridized carbons (Fsp3) is 0. The fourth-order valence-corrected chi connectivity index (χ4v) is 3.12. The van der Waals surface area contributed by atoms with Gasteiger partial charge in [-0.1, -0.05) is 70.7 Å². The number of rotatable bonds is 3. The van der Waals surface area contributed by atoms with Crippen LogP contribution in [0.5, 0.6) is 0 Å². The molecule has 0 N–H and O–H groups in total. The van der Waals surface area contributed by atoms with Gasteiger partial charge in [-0.3, -0.25) is 10.1 Å². The maximum Gasteiger partial charge on any atom is 0.295 e. The highest BCUT2D eigenvalue weighted by Crippen LogP contribution is 2.39. The van der Waals surface area contributed by atoms with Crippen LogP contribution in [0.25, 0.3) is 22.5 Å². The molecule has 0 unspecified atom stereocenters. The van der Waals surface area contributed by atoms with Gasteiger partial charge in [0, 0.05) is 17.2 Å². The molecule has 0 spiro atoms. The first kappa shape index (κ1) is 18.0. The fourth-order valence-electron chi connectivity index (χ4n) is 2.34. The predicted octanol–water partition coefficient (Wildman–Crippen LogP) is 6.94. The Morgan fingerprint density at radius 3 is 1.96 bits per heavy atom. The van der Waals surface area contributed by atoms with Crippen LogP contribution in [-0.2, 0) is 0 Å². The van der Waals surface area contributed by atoms with Crippen molar-refractivity contribution in [3.63, 3.8) is 0 Å². The second-order valence-electron chi connectivity index (χ2n) is 5.02. The molecular formula is C17H8Cl4N2O2. The zero-order valence-corrected chi connectivity index (χ0v) is 15.4. The molecule has 1 aromatic heterocycles. The molecule has 0 aliphatic carbocycles. The number of nitrogens with zero attached hydrogens (tertiary/aromatic N) is 2. The number of pyridine rings is 1. The van der Waals surface area contributed by atoms with Gasteiger partial charge in [0.15, 0.2) is 0 Å². The van der Waals surface area contributed by atoms with Crippen LogP contribution in [0.4, 0.5) is 5.69 Å². The van der Waals surface area contributed by atoms with Crippen molar-refractivity contribution in [3.05, 3.63) is 78.7 Å². The van der Waals surface area contributed by atoms with E-state index in [1.807, 2.05) is 0 Å². The average Bonchev–Trinajstić information content (AvgIpc) is 2.59. The van der Waals surface area contributed by atoms with Crippen LogP contribution in [0.15, 0.2) is 48.5 Å². The van der Waals surface area contributed by atoms with Crippen molar-refractivity contribution in [2.45, 2.75) is 0 Å². The third-order valence-electron chi connectivity index (χ3n) is 3.50. The molecule has 0 aliphatic rings. The molecule has 3 aromatic rings. The molecule has 25 heavy (non-hydrogen) atoms. The van der Waals surface area contributed by atoms with E-state index in [0.717, 1.165) is 0 Å². The Kier molecular flexibility index (Phi) is 5.16. The largest absolute Gasteiger partial charge is 0.295 e. The maximum atomic E-state index is 11.4. The molecule has 1 heterocycles. The standard InChI is InChI=1S/C17H8Cl4N2O2/c18-11-5-1-3-9(15(11)20)13-7-8-14(23(24)25)17(22-13)10-4-2-6-12(19)16(10)21/h1-8H. The number of hydrogen-bond donors (Lipinski definition) is 0. The zero-order chi connectivity index (χ0) is 18.1. The summed E-state index contributed by atoms with van der Waals surface area (Å²) in [5, 5.41) is 12.5. The van der Waals surface area contributed by atoms with E-state index in [4.69, 9.17) is 46.4 Å². The lowest BCUT2D eigenvalue weighted by Gasteiger charge is -2.10. The highest BCUT2D eigenvalue weighted by atomic mass is 35.5. The van der Waals surface area contributed by atoms with Crippen molar-refractivity contribution >= 4 is 52.1 Å². The Bertz CT molecular complexity index is 992. The summed E-state index contributed by atoms with van der Waals surface area (Å²) in [6.07, 6.45) is 0. The first-order valence-electron chi connectivity index (χ1n) is 6.94. The number of aromatic nitrogens is 1. The number of nitro groups is 1. The molecule has 3 rings (SSSR count). The van der Waals surface area contributed by atoms with Crippen molar-refractivity contribution in [1.82, 2.24) is 4.98 Å². The SMILES string of the molecule is O=[N+]([O-])c1ccc(-c2cccc(Cl)c2Cl)nc1-c1cccc(Cl)c1Cl. The minimum Gasteiger partial charge on any atom is -0.258 e. The van der Waals surface area contributed by atoms with E-state index in [1.165, 1.54) is 12.1 Å². The Hall–Kier alpha value is -1.85. The van der Waals surface area contributed by atoms with Crippen molar-refractivity contribution in [2.24, 2.45) is 0 Å². The van der Waals surface area contributed by atoms with Gasteiger partial charge in [0.25, 0.3) is 5.69 Å². The Labute approximate surface area is 163 Å². The van der Waals surface area contributed by atoms with Crippen molar-refractivity contribution in [3.8, 4) is 22.5 Å². The maximum absolute atomic E-state index is 11.4. The summed E-state index contributed by atoms with van der Waals surface area (Å²) < 4.78 is 0. The quantitative estimate of drug-likeness (QED) is 0.345. The van der Waals surface area contributed by atoms with Crippen molar-refractivity contribution < 1.29 is 4.92 Å². The molecule has 0 aliphatic heterocycles. The second kappa shape index (κ2) is 7.18. The molecule has 0 amide bonds. The minimum atomic E-state index is -0.525. The lowest BCUT2D eigenvalue weighted by Crippen LogP contribution is -1.97. The van der Waals surface area contributed by atoms with Crippen LogP contribution in [0.1, 0.15) is 0 Å². The van der Waals surface area contributed by atoms with Crippen LogP contribution in [0, 0.1) is 10.1 Å². The van der Waals surface area contributed by atoms with Gasteiger partial charge in [0.1, 0.15) is 5.69 Å². The van der Waals surface area contributed by atoms with Gasteiger partial charge in [-0.25, -0.2) is 4.98 Å². The average molecular weight is 414 g/mol. The van der Waals surface area contributed by atoms with E-state index in [1.54, 1.807) is 36.4 Å². The van der Waals surface area contributed by atoms with Crippen molar-refractivity contribution in [1.29, 1.82) is 0 Å². The van der Waals surface area contributed by atoms with Gasteiger partial charge in [-0.2, -0.15) is 0 Å². The van der Waals surface area contributed by atoms with E-state index in [0.29, 0.717) is 26.9 Å². The van der Waals surface area contributed by atoms with Crippen LogP contribution in [-0.4, -0.2) is 9.91 Å². The lowest BCUT2D eigenvalue weighted by atomic mass is 10.1. The summed E-state index contributed by atoms with van der Waals surface area (Å²) >= 11 is 24.5. The summed E-state index contributed by atoms with van der Waals surface area (Å²) in [7, 11) is 0. The van der Waals surface area contributed by atoms with Gasteiger partial charge in [0.2, 0.25) is 0 Å². The number of halogens is 4. The molecule has 0 saturated carbocycles. The normalized spacial score (nSPS) is 10.7. The predicted molar refractivity (Wildman–Crippen MR) is 102 cm³/mol. The molecule has 126 valence electrons. The number of benzene rings is 2. The first-order valence-corrected chi connectivity index (χ1v) is 8.45. The van der Waals surface area contributed by atoms with E-state index in [9.17, 15) is 10.1 Å². The third kappa shape index (κ3) is 3.44.